The largest absolute Gasteiger partial charge is 0.477 e. The lowest BCUT2D eigenvalue weighted by molar-refractivity contribution is -0.150. The number of rotatable bonds is 7. The number of hydrogen-bond donors (Lipinski definition) is 4. The molecule has 2 aliphatic heterocycles. The summed E-state index contributed by atoms with van der Waals surface area (Å²) in [6.07, 6.45) is 0. The Labute approximate surface area is 213 Å². The number of aromatic amines is 1. The molecular formula is C18H16ClN7O6S3. The Bertz CT molecular complexity index is 1410. The highest BCUT2D eigenvalue weighted by molar-refractivity contribution is 8.01. The van der Waals surface area contributed by atoms with Crippen LogP contribution in [-0.4, -0.2) is 70.5 Å². The molecule has 2 amide bonds. The molecule has 1 fully saturated rings. The quantitative estimate of drug-likeness (QED) is 0.150. The number of halogens is 1. The van der Waals surface area contributed by atoms with E-state index in [0.29, 0.717) is 5.57 Å². The van der Waals surface area contributed by atoms with Crippen molar-refractivity contribution in [3.8, 4) is 0 Å². The molecule has 0 radical (unpaired) electrons. The zero-order valence-electron chi connectivity index (χ0n) is 17.7. The second-order valence-corrected chi connectivity index (χ2v) is 10.4. The van der Waals surface area contributed by atoms with E-state index in [1.54, 1.807) is 5.38 Å². The van der Waals surface area contributed by atoms with E-state index >= 15 is 0 Å². The summed E-state index contributed by atoms with van der Waals surface area (Å²) in [5, 5.41) is 16.1. The van der Waals surface area contributed by atoms with Gasteiger partial charge < -0.3 is 16.2 Å². The number of nitrogen functional groups attached to an aromatic ring is 1. The fourth-order valence-corrected chi connectivity index (χ4v) is 6.57. The van der Waals surface area contributed by atoms with Crippen LogP contribution in [-0.2, 0) is 21.4 Å². The number of amides is 2. The van der Waals surface area contributed by atoms with Crippen LogP contribution in [0.2, 0.25) is 0 Å². The summed E-state index contributed by atoms with van der Waals surface area (Å²) in [6, 6.07) is -0.958. The molecule has 17 heteroatoms. The van der Waals surface area contributed by atoms with Crippen molar-refractivity contribution < 1.29 is 19.5 Å². The monoisotopic (exact) mass is 557 g/mol. The number of carboxylic acids is 1. The highest BCUT2D eigenvalue weighted by atomic mass is 35.5. The van der Waals surface area contributed by atoms with Crippen LogP contribution in [0.25, 0.3) is 5.57 Å². The summed E-state index contributed by atoms with van der Waals surface area (Å²) in [5.41, 5.74) is 5.34. The Morgan fingerprint density at radius 3 is 2.77 bits per heavy atom. The zero-order valence-corrected chi connectivity index (χ0v) is 20.9. The molecule has 0 aromatic carbocycles. The molecule has 1 saturated heterocycles. The Morgan fingerprint density at radius 2 is 2.14 bits per heavy atom. The van der Waals surface area contributed by atoms with Gasteiger partial charge in [0.25, 0.3) is 11.8 Å². The van der Waals surface area contributed by atoms with E-state index in [1.807, 2.05) is 0 Å². The van der Waals surface area contributed by atoms with Crippen LogP contribution in [0.5, 0.6) is 0 Å². The molecule has 0 saturated carbocycles. The molecule has 2 aromatic heterocycles. The zero-order chi connectivity index (χ0) is 25.4. The van der Waals surface area contributed by atoms with Gasteiger partial charge in [0.05, 0.1) is 11.3 Å². The first-order chi connectivity index (χ1) is 16.6. The van der Waals surface area contributed by atoms with Gasteiger partial charge in [0.1, 0.15) is 17.1 Å². The number of aliphatic carboxylic acids is 1. The van der Waals surface area contributed by atoms with Crippen LogP contribution in [0.4, 0.5) is 5.13 Å². The number of hydrogen-bond acceptors (Lipinski definition) is 11. The lowest BCUT2D eigenvalue weighted by Crippen LogP contribution is -2.70. The van der Waals surface area contributed by atoms with Crippen LogP contribution < -0.4 is 22.2 Å². The molecule has 2 aromatic rings. The van der Waals surface area contributed by atoms with E-state index in [4.69, 9.17) is 17.3 Å². The highest BCUT2D eigenvalue weighted by Gasteiger charge is 2.54. The number of thioether (sulfide) groups is 2. The lowest BCUT2D eigenvalue weighted by Gasteiger charge is -2.49. The van der Waals surface area contributed by atoms with Gasteiger partial charge in [0.2, 0.25) is 0 Å². The van der Waals surface area contributed by atoms with Gasteiger partial charge in [-0.15, -0.1) is 23.1 Å². The number of β-lactam (4-membered cyclic amide) rings is 1. The molecule has 2 atom stereocenters. The second-order valence-electron chi connectivity index (χ2n) is 7.20. The number of carboxylic acid groups (broad SMARTS) is 1. The molecule has 184 valence electrons. The van der Waals surface area contributed by atoms with Gasteiger partial charge in [-0.2, -0.15) is 4.98 Å². The number of fused-ring (bicyclic) bond motifs is 1. The number of thiazole rings is 1. The Morgan fingerprint density at radius 1 is 1.40 bits per heavy atom. The summed E-state index contributed by atoms with van der Waals surface area (Å²) in [7, 11) is 1.49. The van der Waals surface area contributed by atoms with Crippen molar-refractivity contribution in [1.82, 2.24) is 30.0 Å². The smallest absolute Gasteiger partial charge is 0.352 e. The summed E-state index contributed by atoms with van der Waals surface area (Å²) in [5.74, 6) is -2.16. The predicted molar refractivity (Wildman–Crippen MR) is 131 cm³/mol. The maximum Gasteiger partial charge on any atom is 0.352 e. The molecular weight excluding hydrogens is 542 g/mol. The van der Waals surface area contributed by atoms with Crippen molar-refractivity contribution >= 4 is 74.9 Å². The number of nitrogens with two attached hydrogens (primary N) is 1. The van der Waals surface area contributed by atoms with Crippen molar-refractivity contribution in [2.24, 2.45) is 7.05 Å². The van der Waals surface area contributed by atoms with E-state index < -0.39 is 40.3 Å². The van der Waals surface area contributed by atoms with Gasteiger partial charge in [-0.25, -0.2) is 9.78 Å². The summed E-state index contributed by atoms with van der Waals surface area (Å²) in [6.45, 7) is 0. The number of aromatic nitrogens is 4. The fourth-order valence-electron chi connectivity index (χ4n) is 3.39. The van der Waals surface area contributed by atoms with E-state index in [-0.39, 0.29) is 38.8 Å². The van der Waals surface area contributed by atoms with Crippen molar-refractivity contribution in [2.75, 3.05) is 17.2 Å². The Hall–Kier alpha value is -3.08. The van der Waals surface area contributed by atoms with Crippen molar-refractivity contribution in [2.45, 2.75) is 16.6 Å². The molecule has 13 nitrogen and oxygen atoms in total. The second kappa shape index (κ2) is 9.88. The van der Waals surface area contributed by atoms with Crippen LogP contribution in [0.3, 0.4) is 0 Å². The van der Waals surface area contributed by atoms with Crippen LogP contribution in [0, 0.1) is 0 Å². The molecule has 4 rings (SSSR count). The third-order valence-electron chi connectivity index (χ3n) is 5.01. The summed E-state index contributed by atoms with van der Waals surface area (Å²) in [4.78, 5) is 69.3. The van der Waals surface area contributed by atoms with Crippen molar-refractivity contribution in [3.63, 3.8) is 0 Å². The maximum absolute atomic E-state index is 12.9. The minimum atomic E-state index is -1.30. The third kappa shape index (κ3) is 4.73. The first kappa shape index (κ1) is 25.0. The molecule has 2 aliphatic rings. The SMILES string of the molecule is Cn1[nH]c(=O)c(=O)nc1SCC1=C(C(=O)O)N2C(=O)C(NC(=O)C(=CCl)c3csc(N)n3)[C@H]2SC1. The first-order valence-corrected chi connectivity index (χ1v) is 13.0. The van der Waals surface area contributed by atoms with E-state index in [1.165, 1.54) is 23.5 Å². The van der Waals surface area contributed by atoms with Gasteiger partial charge in [0.15, 0.2) is 10.3 Å². The predicted octanol–water partition coefficient (Wildman–Crippen LogP) is -0.382. The molecule has 1 unspecified atom stereocenters. The van der Waals surface area contributed by atoms with Crippen molar-refractivity contribution in [1.29, 1.82) is 0 Å². The van der Waals surface area contributed by atoms with Gasteiger partial charge in [-0.05, 0) is 5.57 Å². The Kier molecular flexibility index (Phi) is 7.07. The van der Waals surface area contributed by atoms with E-state index in [9.17, 15) is 29.1 Å². The molecule has 4 heterocycles. The number of anilines is 1. The normalized spacial score (nSPS) is 19.9. The van der Waals surface area contributed by atoms with Crippen molar-refractivity contribution in [3.05, 3.63) is 48.6 Å². The fraction of sp³-hybridized carbons (Fsp3) is 0.278. The van der Waals surface area contributed by atoms with Crippen LogP contribution in [0.15, 0.2) is 36.9 Å². The van der Waals surface area contributed by atoms with Crippen LogP contribution >= 0.6 is 46.5 Å². The minimum absolute atomic E-state index is 0.0248. The van der Waals surface area contributed by atoms with Gasteiger partial charge in [0, 0.05) is 29.5 Å². The summed E-state index contributed by atoms with van der Waals surface area (Å²) < 4.78 is 1.26. The average Bonchev–Trinajstić information content (AvgIpc) is 3.24. The Balaban J connectivity index is 1.50. The number of nitrogens with one attached hydrogen (secondary N) is 2. The van der Waals surface area contributed by atoms with Crippen LogP contribution in [0.1, 0.15) is 5.69 Å². The number of aryl methyl sites for hydroxylation is 1. The topological polar surface area (TPSA) is 193 Å². The highest BCUT2D eigenvalue weighted by Crippen LogP contribution is 2.41. The number of carbonyl (C=O) groups is 3. The van der Waals surface area contributed by atoms with Gasteiger partial charge >= 0.3 is 17.1 Å². The van der Waals surface area contributed by atoms with Gasteiger partial charge in [-0.1, -0.05) is 23.4 Å². The third-order valence-corrected chi connectivity index (χ3v) is 8.36. The molecule has 0 aliphatic carbocycles. The standard InChI is InChI=1S/C18H16ClN7O6S3/c1-25-18(23-12(28)13(29)24-25)35-4-6-3-33-15-9(14(30)26(15)10(6)16(31)32)22-11(27)7(2-19)8-5-34-17(20)21-8/h2,5,9,15H,3-4H2,1H3,(H2,20,21)(H,22,27)(H,24,29)(H,31,32)/t9?,15-/m1/s1. The summed E-state index contributed by atoms with van der Waals surface area (Å²) >= 11 is 9.24. The average molecular weight is 558 g/mol. The number of carbonyl (C=O) groups excluding carboxylic acids is 2. The number of H-pyrrole nitrogens is 1. The molecule has 0 spiro atoms. The lowest BCUT2D eigenvalue weighted by atomic mass is 10.0. The minimum Gasteiger partial charge on any atom is -0.477 e. The maximum atomic E-state index is 12.9. The molecule has 0 bridgehead atoms. The molecule has 35 heavy (non-hydrogen) atoms. The van der Waals surface area contributed by atoms with E-state index in [0.717, 1.165) is 33.5 Å². The molecule has 5 N–H and O–H groups in total. The number of nitrogens with zero attached hydrogens (tertiary/aromatic N) is 4. The van der Waals surface area contributed by atoms with Gasteiger partial charge in [-0.3, -0.25) is 33.9 Å². The first-order valence-electron chi connectivity index (χ1n) is 9.65. The van der Waals surface area contributed by atoms with E-state index in [2.05, 4.69) is 20.4 Å².